The highest BCUT2D eigenvalue weighted by Crippen LogP contribution is 2.16. The summed E-state index contributed by atoms with van der Waals surface area (Å²) >= 11 is 0. The Morgan fingerprint density at radius 3 is 2.79 bits per heavy atom. The van der Waals surface area contributed by atoms with E-state index in [0.29, 0.717) is 18.3 Å². The van der Waals surface area contributed by atoms with Gasteiger partial charge < -0.3 is 5.32 Å². The molecule has 7 heteroatoms. The first kappa shape index (κ1) is 16.3. The summed E-state index contributed by atoms with van der Waals surface area (Å²) in [6, 6.07) is 0. The maximum Gasteiger partial charge on any atom is 0.319 e. The number of imidazole rings is 1. The highest BCUT2D eigenvalue weighted by atomic mass is 35.5. The van der Waals surface area contributed by atoms with Gasteiger partial charge in [-0.3, -0.25) is 9.47 Å². The van der Waals surface area contributed by atoms with Crippen LogP contribution in [0.25, 0.3) is 0 Å². The standard InChI is InChI=1S/C12H20F2N4.ClH/c1-17(8-10-2-4-15-5-3-10)9-11-16-6-7-18(11)12(13)14;/h6-7,10,12,15H,2-5,8-9H2,1H3;1H. The summed E-state index contributed by atoms with van der Waals surface area (Å²) < 4.78 is 26.3. The van der Waals surface area contributed by atoms with Gasteiger partial charge in [-0.25, -0.2) is 4.98 Å². The summed E-state index contributed by atoms with van der Waals surface area (Å²) in [5.41, 5.74) is 0. The van der Waals surface area contributed by atoms with Gasteiger partial charge in [0, 0.05) is 18.9 Å². The third-order valence-corrected chi connectivity index (χ3v) is 3.40. The van der Waals surface area contributed by atoms with Gasteiger partial charge in [0.25, 0.3) is 0 Å². The Kier molecular flexibility index (Phi) is 6.68. The quantitative estimate of drug-likeness (QED) is 0.903. The summed E-state index contributed by atoms with van der Waals surface area (Å²) in [6.07, 6.45) is 5.08. The molecule has 1 aromatic heterocycles. The van der Waals surface area contributed by atoms with Gasteiger partial charge in [0.05, 0.1) is 6.54 Å². The molecule has 1 aliphatic heterocycles. The minimum atomic E-state index is -2.50. The monoisotopic (exact) mass is 294 g/mol. The van der Waals surface area contributed by atoms with Crippen LogP contribution in [0.15, 0.2) is 12.4 Å². The van der Waals surface area contributed by atoms with E-state index in [1.807, 2.05) is 7.05 Å². The molecule has 0 aliphatic carbocycles. The molecule has 1 saturated heterocycles. The zero-order chi connectivity index (χ0) is 13.0. The number of rotatable bonds is 5. The molecule has 2 heterocycles. The molecule has 0 aromatic carbocycles. The summed E-state index contributed by atoms with van der Waals surface area (Å²) in [7, 11) is 1.96. The van der Waals surface area contributed by atoms with Crippen LogP contribution in [0.3, 0.4) is 0 Å². The van der Waals surface area contributed by atoms with Gasteiger partial charge in [-0.1, -0.05) is 0 Å². The second-order valence-electron chi connectivity index (χ2n) is 4.92. The van der Waals surface area contributed by atoms with Crippen molar-refractivity contribution in [3.8, 4) is 0 Å². The van der Waals surface area contributed by atoms with E-state index >= 15 is 0 Å². The van der Waals surface area contributed by atoms with E-state index in [1.54, 1.807) is 0 Å². The Labute approximate surface area is 118 Å². The maximum absolute atomic E-state index is 12.7. The number of hydrogen-bond donors (Lipinski definition) is 1. The van der Waals surface area contributed by atoms with E-state index in [0.717, 1.165) is 37.0 Å². The maximum atomic E-state index is 12.7. The van der Waals surface area contributed by atoms with Crippen LogP contribution in [0, 0.1) is 5.92 Å². The van der Waals surface area contributed by atoms with Crippen molar-refractivity contribution in [1.82, 2.24) is 19.8 Å². The molecule has 2 rings (SSSR count). The molecule has 1 aromatic rings. The van der Waals surface area contributed by atoms with Crippen LogP contribution in [-0.2, 0) is 6.54 Å². The average molecular weight is 295 g/mol. The molecule has 0 atom stereocenters. The highest BCUT2D eigenvalue weighted by Gasteiger charge is 2.17. The smallest absolute Gasteiger partial charge is 0.317 e. The van der Waals surface area contributed by atoms with Crippen molar-refractivity contribution in [2.45, 2.75) is 25.9 Å². The van der Waals surface area contributed by atoms with Crippen molar-refractivity contribution in [1.29, 1.82) is 0 Å². The first-order chi connectivity index (χ1) is 8.66. The normalized spacial score (nSPS) is 16.9. The van der Waals surface area contributed by atoms with Gasteiger partial charge in [-0.05, 0) is 38.9 Å². The first-order valence-corrected chi connectivity index (χ1v) is 6.36. The Bertz CT molecular complexity index is 366. The molecule has 1 aliphatic rings. The Morgan fingerprint density at radius 2 is 2.16 bits per heavy atom. The Morgan fingerprint density at radius 1 is 1.47 bits per heavy atom. The molecule has 4 nitrogen and oxygen atoms in total. The van der Waals surface area contributed by atoms with Crippen molar-refractivity contribution in [2.24, 2.45) is 5.92 Å². The van der Waals surface area contributed by atoms with Gasteiger partial charge in [0.1, 0.15) is 5.82 Å². The fourth-order valence-corrected chi connectivity index (χ4v) is 2.46. The lowest BCUT2D eigenvalue weighted by Crippen LogP contribution is -2.34. The van der Waals surface area contributed by atoms with Gasteiger partial charge >= 0.3 is 6.55 Å². The fraction of sp³-hybridized carbons (Fsp3) is 0.750. The molecule has 0 saturated carbocycles. The molecule has 0 amide bonds. The summed E-state index contributed by atoms with van der Waals surface area (Å²) in [5.74, 6) is 1.09. The van der Waals surface area contributed by atoms with E-state index in [2.05, 4.69) is 15.2 Å². The Hall–Kier alpha value is -0.720. The van der Waals surface area contributed by atoms with Crippen molar-refractivity contribution in [3.63, 3.8) is 0 Å². The minimum absolute atomic E-state index is 0. The van der Waals surface area contributed by atoms with Crippen molar-refractivity contribution < 1.29 is 8.78 Å². The molecule has 0 bridgehead atoms. The first-order valence-electron chi connectivity index (χ1n) is 6.36. The van der Waals surface area contributed by atoms with Crippen molar-refractivity contribution in [3.05, 3.63) is 18.2 Å². The van der Waals surface area contributed by atoms with Crippen LogP contribution >= 0.6 is 12.4 Å². The lowest BCUT2D eigenvalue weighted by atomic mass is 9.98. The lowest BCUT2D eigenvalue weighted by molar-refractivity contribution is 0.0640. The molecule has 0 spiro atoms. The number of halogens is 3. The van der Waals surface area contributed by atoms with Gasteiger partial charge in [-0.2, -0.15) is 8.78 Å². The number of alkyl halides is 2. The molecule has 1 N–H and O–H groups in total. The zero-order valence-electron chi connectivity index (χ0n) is 11.1. The zero-order valence-corrected chi connectivity index (χ0v) is 11.9. The Balaban J connectivity index is 0.00000180. The average Bonchev–Trinajstić information content (AvgIpc) is 2.78. The molecular weight excluding hydrogens is 274 g/mol. The van der Waals surface area contributed by atoms with Crippen LogP contribution in [0.2, 0.25) is 0 Å². The highest BCUT2D eigenvalue weighted by molar-refractivity contribution is 5.85. The second-order valence-corrected chi connectivity index (χ2v) is 4.92. The van der Waals surface area contributed by atoms with Gasteiger partial charge in [0.15, 0.2) is 0 Å². The van der Waals surface area contributed by atoms with Crippen molar-refractivity contribution >= 4 is 12.4 Å². The molecular formula is C12H21ClF2N4. The minimum Gasteiger partial charge on any atom is -0.317 e. The molecule has 0 radical (unpaired) electrons. The van der Waals surface area contributed by atoms with Crippen LogP contribution in [-0.4, -0.2) is 41.1 Å². The predicted octanol–water partition coefficient (Wildman–Crippen LogP) is 2.13. The second kappa shape index (κ2) is 7.77. The molecule has 110 valence electrons. The summed E-state index contributed by atoms with van der Waals surface area (Å²) in [4.78, 5) is 6.08. The van der Waals surface area contributed by atoms with Crippen LogP contribution in [0.4, 0.5) is 8.78 Å². The topological polar surface area (TPSA) is 33.1 Å². The van der Waals surface area contributed by atoms with E-state index in [4.69, 9.17) is 0 Å². The number of nitrogens with zero attached hydrogens (tertiary/aromatic N) is 3. The largest absolute Gasteiger partial charge is 0.319 e. The van der Waals surface area contributed by atoms with E-state index in [9.17, 15) is 8.78 Å². The van der Waals surface area contributed by atoms with Gasteiger partial charge in [-0.15, -0.1) is 12.4 Å². The summed E-state index contributed by atoms with van der Waals surface area (Å²) in [5, 5.41) is 3.32. The van der Waals surface area contributed by atoms with Gasteiger partial charge in [0.2, 0.25) is 0 Å². The lowest BCUT2D eigenvalue weighted by Gasteiger charge is -2.27. The third-order valence-electron chi connectivity index (χ3n) is 3.40. The fourth-order valence-electron chi connectivity index (χ4n) is 2.46. The molecule has 0 unspecified atom stereocenters. The molecule has 19 heavy (non-hydrogen) atoms. The molecule has 1 fully saturated rings. The van der Waals surface area contributed by atoms with E-state index < -0.39 is 6.55 Å². The van der Waals surface area contributed by atoms with Crippen molar-refractivity contribution in [2.75, 3.05) is 26.7 Å². The van der Waals surface area contributed by atoms with Crippen LogP contribution < -0.4 is 5.32 Å². The number of piperidine rings is 1. The predicted molar refractivity (Wildman–Crippen MR) is 72.7 cm³/mol. The SMILES string of the molecule is CN(Cc1nccn1C(F)F)CC1CCNCC1.Cl. The van der Waals surface area contributed by atoms with Crippen LogP contribution in [0.5, 0.6) is 0 Å². The number of aromatic nitrogens is 2. The summed E-state index contributed by atoms with van der Waals surface area (Å²) in [6.45, 7) is 1.03. The number of hydrogen-bond acceptors (Lipinski definition) is 3. The van der Waals surface area contributed by atoms with E-state index in [-0.39, 0.29) is 12.4 Å². The third kappa shape index (κ3) is 4.71. The van der Waals surface area contributed by atoms with Crippen LogP contribution in [0.1, 0.15) is 25.2 Å². The number of nitrogens with one attached hydrogen (secondary N) is 1. The van der Waals surface area contributed by atoms with E-state index in [1.165, 1.54) is 12.4 Å².